The van der Waals surface area contributed by atoms with Gasteiger partial charge in [0.15, 0.2) is 0 Å². The fraction of sp³-hybridized carbons (Fsp3) is 0.625. The first-order chi connectivity index (χ1) is 8.09. The highest BCUT2D eigenvalue weighted by atomic mass is 16.3. The smallest absolute Gasteiger partial charge is 0.0785 e. The van der Waals surface area contributed by atoms with Gasteiger partial charge in [-0.2, -0.15) is 0 Å². The highest BCUT2D eigenvalue weighted by molar-refractivity contribution is 5.09. The summed E-state index contributed by atoms with van der Waals surface area (Å²) in [4.78, 5) is 0. The zero-order valence-electron chi connectivity index (χ0n) is 11.4. The Kier molecular flexibility index (Phi) is 6.28. The molecule has 1 N–H and O–H groups in total. The maximum absolute atomic E-state index is 10.1. The van der Waals surface area contributed by atoms with E-state index in [9.17, 15) is 5.11 Å². The lowest BCUT2D eigenvalue weighted by Gasteiger charge is -2.20. The van der Waals surface area contributed by atoms with Gasteiger partial charge in [-0.05, 0) is 52.9 Å². The van der Waals surface area contributed by atoms with Crippen LogP contribution in [0, 0.1) is 5.92 Å². The third kappa shape index (κ3) is 5.88. The lowest BCUT2D eigenvalue weighted by Crippen LogP contribution is -2.18. The molecule has 1 heteroatoms. The van der Waals surface area contributed by atoms with E-state index >= 15 is 0 Å². The van der Waals surface area contributed by atoms with Crippen molar-refractivity contribution in [2.45, 2.75) is 59.0 Å². The Morgan fingerprint density at radius 3 is 2.76 bits per heavy atom. The van der Waals surface area contributed by atoms with Crippen molar-refractivity contribution in [2.75, 3.05) is 0 Å². The minimum absolute atomic E-state index is 0.293. The monoisotopic (exact) mass is 234 g/mol. The molecule has 2 atom stereocenters. The van der Waals surface area contributed by atoms with Crippen LogP contribution in [-0.2, 0) is 0 Å². The summed E-state index contributed by atoms with van der Waals surface area (Å²) in [6.45, 7) is 6.37. The van der Waals surface area contributed by atoms with Crippen molar-refractivity contribution in [1.82, 2.24) is 0 Å². The minimum Gasteiger partial charge on any atom is -0.388 e. The molecule has 0 aliphatic heterocycles. The Morgan fingerprint density at radius 2 is 2.18 bits per heavy atom. The number of rotatable bonds is 5. The van der Waals surface area contributed by atoms with Crippen molar-refractivity contribution in [3.63, 3.8) is 0 Å². The zero-order chi connectivity index (χ0) is 12.7. The SMILES string of the molecule is CC(C)=CCCC(C)=CC(O)C1C=CCCC1. The van der Waals surface area contributed by atoms with Crippen molar-refractivity contribution < 1.29 is 5.11 Å². The summed E-state index contributed by atoms with van der Waals surface area (Å²) in [5, 5.41) is 10.1. The van der Waals surface area contributed by atoms with E-state index in [1.807, 2.05) is 6.08 Å². The molecule has 17 heavy (non-hydrogen) atoms. The molecule has 0 aromatic rings. The predicted octanol–water partition coefficient (Wildman–Crippen LogP) is 4.40. The van der Waals surface area contributed by atoms with E-state index in [-0.39, 0.29) is 6.10 Å². The van der Waals surface area contributed by atoms with E-state index in [2.05, 4.69) is 39.0 Å². The molecule has 1 aliphatic rings. The standard InChI is InChI=1S/C16H26O/c1-13(2)8-7-9-14(3)12-16(17)15-10-5-4-6-11-15/h5,8,10,12,15-17H,4,6-7,9,11H2,1-3H3. The summed E-state index contributed by atoms with van der Waals surface area (Å²) in [5.74, 6) is 0.335. The van der Waals surface area contributed by atoms with Crippen LogP contribution in [-0.4, -0.2) is 11.2 Å². The van der Waals surface area contributed by atoms with Crippen molar-refractivity contribution >= 4 is 0 Å². The number of aliphatic hydroxyl groups excluding tert-OH is 1. The second kappa shape index (κ2) is 7.50. The molecule has 1 nitrogen and oxygen atoms in total. The summed E-state index contributed by atoms with van der Waals surface area (Å²) in [6, 6.07) is 0. The number of allylic oxidation sites excluding steroid dienone is 4. The second-order valence-corrected chi connectivity index (χ2v) is 5.35. The maximum Gasteiger partial charge on any atom is 0.0785 e. The number of hydrogen-bond acceptors (Lipinski definition) is 1. The van der Waals surface area contributed by atoms with Crippen molar-refractivity contribution in [1.29, 1.82) is 0 Å². The zero-order valence-corrected chi connectivity index (χ0v) is 11.4. The molecule has 0 saturated carbocycles. The molecule has 1 aliphatic carbocycles. The van der Waals surface area contributed by atoms with Crippen LogP contribution in [0.5, 0.6) is 0 Å². The van der Waals surface area contributed by atoms with E-state index in [0.29, 0.717) is 5.92 Å². The van der Waals surface area contributed by atoms with E-state index < -0.39 is 0 Å². The Balaban J connectivity index is 2.41. The van der Waals surface area contributed by atoms with E-state index in [0.717, 1.165) is 19.3 Å². The van der Waals surface area contributed by atoms with Gasteiger partial charge < -0.3 is 5.11 Å². The summed E-state index contributed by atoms with van der Waals surface area (Å²) in [5.41, 5.74) is 2.67. The maximum atomic E-state index is 10.1. The molecule has 0 aromatic carbocycles. The van der Waals surface area contributed by atoms with Crippen LogP contribution in [0.15, 0.2) is 35.5 Å². The summed E-state index contributed by atoms with van der Waals surface area (Å²) in [6.07, 6.45) is 14.0. The first kappa shape index (κ1) is 14.2. The summed E-state index contributed by atoms with van der Waals surface area (Å²) >= 11 is 0. The molecule has 0 fully saturated rings. The third-order valence-electron chi connectivity index (χ3n) is 3.28. The van der Waals surface area contributed by atoms with Gasteiger partial charge in [0.2, 0.25) is 0 Å². The lowest BCUT2D eigenvalue weighted by molar-refractivity contribution is 0.166. The summed E-state index contributed by atoms with van der Waals surface area (Å²) < 4.78 is 0. The molecule has 2 unspecified atom stereocenters. The van der Waals surface area contributed by atoms with Crippen LogP contribution in [0.3, 0.4) is 0 Å². The van der Waals surface area contributed by atoms with Gasteiger partial charge in [0.1, 0.15) is 0 Å². The van der Waals surface area contributed by atoms with Crippen LogP contribution in [0.4, 0.5) is 0 Å². The van der Waals surface area contributed by atoms with Crippen LogP contribution >= 0.6 is 0 Å². The highest BCUT2D eigenvalue weighted by Gasteiger charge is 2.15. The Labute approximate surface area is 106 Å². The molecule has 0 heterocycles. The first-order valence-electron chi connectivity index (χ1n) is 6.75. The number of hydrogen-bond donors (Lipinski definition) is 1. The molecule has 0 amide bonds. The van der Waals surface area contributed by atoms with Crippen LogP contribution < -0.4 is 0 Å². The fourth-order valence-electron chi connectivity index (χ4n) is 2.21. The predicted molar refractivity (Wildman–Crippen MR) is 74.9 cm³/mol. The molecule has 0 bridgehead atoms. The Bertz CT molecular complexity index is 305. The van der Waals surface area contributed by atoms with Crippen LogP contribution in [0.25, 0.3) is 0 Å². The normalized spacial score (nSPS) is 22.4. The van der Waals surface area contributed by atoms with E-state index in [1.165, 1.54) is 24.0 Å². The van der Waals surface area contributed by atoms with Gasteiger partial charge in [-0.1, -0.05) is 35.5 Å². The summed E-state index contributed by atoms with van der Waals surface area (Å²) in [7, 11) is 0. The van der Waals surface area contributed by atoms with E-state index in [4.69, 9.17) is 0 Å². The second-order valence-electron chi connectivity index (χ2n) is 5.35. The van der Waals surface area contributed by atoms with Crippen molar-refractivity contribution in [3.05, 3.63) is 35.5 Å². The van der Waals surface area contributed by atoms with Crippen molar-refractivity contribution in [3.8, 4) is 0 Å². The molecule has 0 radical (unpaired) electrons. The third-order valence-corrected chi connectivity index (χ3v) is 3.28. The van der Waals surface area contributed by atoms with E-state index in [1.54, 1.807) is 0 Å². The molecule has 0 spiro atoms. The molecule has 0 saturated heterocycles. The molecule has 1 rings (SSSR count). The quantitative estimate of drug-likeness (QED) is 0.699. The van der Waals surface area contributed by atoms with Gasteiger partial charge in [-0.15, -0.1) is 0 Å². The Morgan fingerprint density at radius 1 is 1.41 bits per heavy atom. The van der Waals surface area contributed by atoms with Gasteiger partial charge in [0, 0.05) is 5.92 Å². The van der Waals surface area contributed by atoms with Crippen molar-refractivity contribution in [2.24, 2.45) is 5.92 Å². The first-order valence-corrected chi connectivity index (χ1v) is 6.75. The largest absolute Gasteiger partial charge is 0.388 e. The molecular formula is C16H26O. The minimum atomic E-state index is -0.293. The Hall–Kier alpha value is -0.820. The topological polar surface area (TPSA) is 20.2 Å². The molecule has 0 aromatic heterocycles. The van der Waals surface area contributed by atoms with Crippen LogP contribution in [0.2, 0.25) is 0 Å². The fourth-order valence-corrected chi connectivity index (χ4v) is 2.21. The molecular weight excluding hydrogens is 208 g/mol. The van der Waals surface area contributed by atoms with Gasteiger partial charge in [-0.25, -0.2) is 0 Å². The van der Waals surface area contributed by atoms with Gasteiger partial charge in [0.25, 0.3) is 0 Å². The molecule has 96 valence electrons. The van der Waals surface area contributed by atoms with Crippen LogP contribution in [0.1, 0.15) is 52.9 Å². The average Bonchev–Trinajstić information content (AvgIpc) is 2.29. The van der Waals surface area contributed by atoms with Gasteiger partial charge >= 0.3 is 0 Å². The van der Waals surface area contributed by atoms with Gasteiger partial charge in [0.05, 0.1) is 6.10 Å². The average molecular weight is 234 g/mol. The van der Waals surface area contributed by atoms with Gasteiger partial charge in [-0.3, -0.25) is 0 Å². The number of aliphatic hydroxyl groups is 1. The highest BCUT2D eigenvalue weighted by Crippen LogP contribution is 2.22. The lowest BCUT2D eigenvalue weighted by atomic mass is 9.90.